The average Bonchev–Trinajstić information content (AvgIpc) is 3.02. The monoisotopic (exact) mass is 423 g/mol. The maximum Gasteiger partial charge on any atom is 0.322 e. The van der Waals surface area contributed by atoms with E-state index in [9.17, 15) is 13.2 Å². The van der Waals surface area contributed by atoms with E-state index < -0.39 is 9.84 Å². The Balaban J connectivity index is 1.62. The van der Waals surface area contributed by atoms with E-state index in [1.165, 1.54) is 0 Å². The van der Waals surface area contributed by atoms with Crippen molar-refractivity contribution in [1.29, 1.82) is 0 Å². The van der Waals surface area contributed by atoms with Crippen LogP contribution in [0, 0.1) is 0 Å². The number of nitrogens with zero attached hydrogens (tertiary/aromatic N) is 2. The fourth-order valence-corrected chi connectivity index (χ4v) is 5.08. The van der Waals surface area contributed by atoms with Crippen LogP contribution in [0.4, 0.5) is 10.5 Å². The molecule has 7 nitrogen and oxygen atoms in total. The molecule has 9 heteroatoms. The molecule has 3 rings (SSSR count). The second-order valence-electron chi connectivity index (χ2n) is 6.53. The number of benzene rings is 1. The number of halogens is 1. The number of carbonyl (C=O) groups excluding carboxylic acids is 1. The van der Waals surface area contributed by atoms with Gasteiger partial charge in [-0.3, -0.25) is 4.98 Å². The summed E-state index contributed by atoms with van der Waals surface area (Å²) in [5.41, 5.74) is 1.29. The summed E-state index contributed by atoms with van der Waals surface area (Å²) in [6, 6.07) is 9.88. The van der Waals surface area contributed by atoms with Gasteiger partial charge in [0.25, 0.3) is 0 Å². The van der Waals surface area contributed by atoms with Gasteiger partial charge in [-0.15, -0.1) is 0 Å². The van der Waals surface area contributed by atoms with Gasteiger partial charge in [0, 0.05) is 24.5 Å². The minimum absolute atomic E-state index is 0.00924. The van der Waals surface area contributed by atoms with Crippen LogP contribution >= 0.6 is 11.6 Å². The molecule has 0 unspecified atom stereocenters. The third kappa shape index (κ3) is 5.14. The highest BCUT2D eigenvalue weighted by atomic mass is 35.5. The molecule has 1 saturated heterocycles. The van der Waals surface area contributed by atoms with Crippen LogP contribution in [-0.2, 0) is 16.4 Å². The molecule has 1 aliphatic heterocycles. The summed E-state index contributed by atoms with van der Waals surface area (Å²) in [6.07, 6.45) is 2.15. The average molecular weight is 424 g/mol. The Kier molecular flexibility index (Phi) is 6.41. The van der Waals surface area contributed by atoms with E-state index in [0.29, 0.717) is 29.4 Å². The first-order valence-corrected chi connectivity index (χ1v) is 11.2. The highest BCUT2D eigenvalue weighted by Gasteiger charge is 2.34. The molecule has 0 radical (unpaired) electrons. The molecule has 1 aromatic heterocycles. The maximum absolute atomic E-state index is 12.6. The molecule has 1 atom stereocenters. The molecule has 1 N–H and O–H groups in total. The van der Waals surface area contributed by atoms with Gasteiger partial charge < -0.3 is 15.0 Å². The first-order chi connectivity index (χ1) is 13.4. The first kappa shape index (κ1) is 20.4. The Morgan fingerprint density at radius 1 is 1.36 bits per heavy atom. The molecule has 28 heavy (non-hydrogen) atoms. The molecule has 2 aromatic rings. The third-order valence-corrected chi connectivity index (χ3v) is 6.58. The van der Waals surface area contributed by atoms with Crippen LogP contribution in [0.3, 0.4) is 0 Å². The fraction of sp³-hybridized carbons (Fsp3) is 0.368. The van der Waals surface area contributed by atoms with Gasteiger partial charge in [0.05, 0.1) is 22.2 Å². The molecule has 2 amide bonds. The number of nitrogens with one attached hydrogen (secondary N) is 1. The number of ether oxygens (including phenoxy) is 1. The van der Waals surface area contributed by atoms with Crippen molar-refractivity contribution in [3.05, 3.63) is 53.3 Å². The topological polar surface area (TPSA) is 88.6 Å². The number of urea groups is 1. The van der Waals surface area contributed by atoms with Gasteiger partial charge in [-0.25, -0.2) is 13.2 Å². The van der Waals surface area contributed by atoms with E-state index >= 15 is 0 Å². The van der Waals surface area contributed by atoms with Crippen molar-refractivity contribution in [2.75, 3.05) is 23.4 Å². The number of aromatic nitrogens is 1. The molecule has 1 aromatic carbocycles. The van der Waals surface area contributed by atoms with Crippen molar-refractivity contribution >= 4 is 33.2 Å². The zero-order chi connectivity index (χ0) is 20.1. The highest BCUT2D eigenvalue weighted by Crippen LogP contribution is 2.29. The molecule has 0 saturated carbocycles. The Morgan fingerprint density at radius 2 is 2.18 bits per heavy atom. The maximum atomic E-state index is 12.6. The van der Waals surface area contributed by atoms with Crippen molar-refractivity contribution in [3.8, 4) is 5.75 Å². The lowest BCUT2D eigenvalue weighted by Crippen LogP contribution is -2.43. The number of hydrogen-bond donors (Lipinski definition) is 1. The van der Waals surface area contributed by atoms with Gasteiger partial charge in [0.2, 0.25) is 0 Å². The van der Waals surface area contributed by atoms with E-state index in [1.807, 2.05) is 25.1 Å². The Labute approximate surface area is 169 Å². The Morgan fingerprint density at radius 3 is 2.79 bits per heavy atom. The van der Waals surface area contributed by atoms with E-state index in [0.717, 1.165) is 5.69 Å². The van der Waals surface area contributed by atoms with E-state index in [2.05, 4.69) is 10.3 Å². The van der Waals surface area contributed by atoms with Crippen molar-refractivity contribution < 1.29 is 17.9 Å². The quantitative estimate of drug-likeness (QED) is 0.769. The molecular formula is C19H22ClN3O4S. The summed E-state index contributed by atoms with van der Waals surface area (Å²) >= 11 is 6.27. The van der Waals surface area contributed by atoms with Crippen LogP contribution < -0.4 is 10.1 Å². The van der Waals surface area contributed by atoms with Crippen LogP contribution in [0.1, 0.15) is 19.0 Å². The van der Waals surface area contributed by atoms with E-state index in [-0.39, 0.29) is 30.2 Å². The summed E-state index contributed by atoms with van der Waals surface area (Å²) in [6.45, 7) is 2.53. The molecule has 2 heterocycles. The molecule has 1 fully saturated rings. The predicted octanol–water partition coefficient (Wildman–Crippen LogP) is 3.35. The Bertz CT molecular complexity index is 937. The lowest BCUT2D eigenvalue weighted by atomic mass is 10.2. The predicted molar refractivity (Wildman–Crippen MR) is 108 cm³/mol. The molecule has 0 spiro atoms. The van der Waals surface area contributed by atoms with Gasteiger partial charge in [0.1, 0.15) is 12.4 Å². The van der Waals surface area contributed by atoms with Crippen LogP contribution in [0.15, 0.2) is 42.6 Å². The lowest BCUT2D eigenvalue weighted by molar-refractivity contribution is 0.197. The van der Waals surface area contributed by atoms with Crippen LogP contribution in [0.5, 0.6) is 5.75 Å². The highest BCUT2D eigenvalue weighted by molar-refractivity contribution is 7.91. The molecule has 1 aliphatic rings. The van der Waals surface area contributed by atoms with Crippen LogP contribution in [0.2, 0.25) is 5.02 Å². The molecule has 150 valence electrons. The number of hydrogen-bond acceptors (Lipinski definition) is 5. The largest absolute Gasteiger partial charge is 0.486 e. The van der Waals surface area contributed by atoms with Gasteiger partial charge in [0.15, 0.2) is 9.84 Å². The van der Waals surface area contributed by atoms with E-state index in [4.69, 9.17) is 16.3 Å². The third-order valence-electron chi connectivity index (χ3n) is 4.54. The van der Waals surface area contributed by atoms with Crippen LogP contribution in [0.25, 0.3) is 0 Å². The summed E-state index contributed by atoms with van der Waals surface area (Å²) < 4.78 is 29.1. The number of carbonyl (C=O) groups is 1. The number of pyridine rings is 1. The summed E-state index contributed by atoms with van der Waals surface area (Å²) in [5.74, 6) is 0.616. The van der Waals surface area contributed by atoms with Crippen molar-refractivity contribution in [1.82, 2.24) is 9.88 Å². The summed E-state index contributed by atoms with van der Waals surface area (Å²) in [5, 5.41) is 3.14. The zero-order valence-corrected chi connectivity index (χ0v) is 17.0. The van der Waals surface area contributed by atoms with Gasteiger partial charge in [-0.2, -0.15) is 0 Å². The number of anilines is 1. The standard InChI is InChI=1S/C19H22ClN3O4S/c1-2-23(16-8-10-28(25,26)13-16)19(24)22-14-6-7-18(17(20)11-14)27-12-15-5-3-4-9-21-15/h3-7,9,11,16H,2,8,10,12-13H2,1H3,(H,22,24)/t16-/m1/s1. The molecule has 0 aliphatic carbocycles. The van der Waals surface area contributed by atoms with Crippen molar-refractivity contribution in [2.45, 2.75) is 26.0 Å². The van der Waals surface area contributed by atoms with Crippen molar-refractivity contribution in [2.24, 2.45) is 0 Å². The van der Waals surface area contributed by atoms with Gasteiger partial charge in [-0.05, 0) is 43.7 Å². The lowest BCUT2D eigenvalue weighted by Gasteiger charge is -2.27. The summed E-state index contributed by atoms with van der Waals surface area (Å²) in [7, 11) is -3.06. The second kappa shape index (κ2) is 8.79. The molecular weight excluding hydrogens is 402 g/mol. The SMILES string of the molecule is CCN(C(=O)Nc1ccc(OCc2ccccn2)c(Cl)c1)[C@@H]1CCS(=O)(=O)C1. The Hall–Kier alpha value is -2.32. The van der Waals surface area contributed by atoms with E-state index in [1.54, 1.807) is 29.3 Å². The number of amides is 2. The van der Waals surface area contributed by atoms with Crippen LogP contribution in [-0.4, -0.2) is 48.4 Å². The second-order valence-corrected chi connectivity index (χ2v) is 9.16. The normalized spacial score (nSPS) is 17.9. The van der Waals surface area contributed by atoms with Gasteiger partial charge in [-0.1, -0.05) is 17.7 Å². The smallest absolute Gasteiger partial charge is 0.322 e. The van der Waals surface area contributed by atoms with Gasteiger partial charge >= 0.3 is 6.03 Å². The minimum Gasteiger partial charge on any atom is -0.486 e. The van der Waals surface area contributed by atoms with Crippen molar-refractivity contribution in [3.63, 3.8) is 0 Å². The minimum atomic E-state index is -3.06. The fourth-order valence-electron chi connectivity index (χ4n) is 3.11. The number of rotatable bonds is 6. The zero-order valence-electron chi connectivity index (χ0n) is 15.5. The number of sulfone groups is 1. The summed E-state index contributed by atoms with van der Waals surface area (Å²) in [4.78, 5) is 18.3. The first-order valence-electron chi connectivity index (χ1n) is 8.98. The molecule has 0 bridgehead atoms.